The van der Waals surface area contributed by atoms with Crippen LogP contribution in [0.15, 0.2) is 84.9 Å². The molecular weight excluding hydrogens is 428 g/mol. The second-order valence-electron chi connectivity index (χ2n) is 9.00. The molecule has 3 aromatic carbocycles. The zero-order valence-electron chi connectivity index (χ0n) is 20.2. The van der Waals surface area contributed by atoms with E-state index in [1.165, 1.54) is 0 Å². The van der Waals surface area contributed by atoms with Gasteiger partial charge in [-0.3, -0.25) is 4.79 Å². The summed E-state index contributed by atoms with van der Waals surface area (Å²) in [5, 5.41) is 2.80. The zero-order chi connectivity index (χ0) is 24.6. The summed E-state index contributed by atoms with van der Waals surface area (Å²) in [5.41, 5.74) is 1.94. The van der Waals surface area contributed by atoms with Crippen molar-refractivity contribution >= 4 is 17.7 Å². The molecule has 6 nitrogen and oxygen atoms in total. The maximum atomic E-state index is 13.9. The summed E-state index contributed by atoms with van der Waals surface area (Å²) in [7, 11) is 1.60. The summed E-state index contributed by atoms with van der Waals surface area (Å²) < 4.78 is 10.7. The Morgan fingerprint density at radius 2 is 1.41 bits per heavy atom. The fourth-order valence-electron chi connectivity index (χ4n) is 3.51. The van der Waals surface area contributed by atoms with E-state index in [4.69, 9.17) is 9.47 Å². The van der Waals surface area contributed by atoms with Crippen LogP contribution < -0.4 is 15.0 Å². The van der Waals surface area contributed by atoms with Crippen molar-refractivity contribution in [2.45, 2.75) is 45.4 Å². The Hall–Kier alpha value is -3.80. The molecule has 3 aromatic rings. The van der Waals surface area contributed by atoms with E-state index in [0.29, 0.717) is 24.4 Å². The van der Waals surface area contributed by atoms with Gasteiger partial charge in [0.25, 0.3) is 0 Å². The molecule has 0 saturated heterocycles. The van der Waals surface area contributed by atoms with E-state index in [2.05, 4.69) is 5.32 Å². The minimum Gasteiger partial charge on any atom is -0.497 e. The number of ether oxygens (including phenoxy) is 2. The molecular formula is C28H32N2O4. The molecule has 0 spiro atoms. The highest BCUT2D eigenvalue weighted by Crippen LogP contribution is 2.23. The first kappa shape index (κ1) is 24.8. The largest absolute Gasteiger partial charge is 0.497 e. The highest BCUT2D eigenvalue weighted by molar-refractivity contribution is 5.99. The topological polar surface area (TPSA) is 67.9 Å². The summed E-state index contributed by atoms with van der Waals surface area (Å²) in [4.78, 5) is 28.3. The molecule has 0 fully saturated rings. The van der Waals surface area contributed by atoms with Gasteiger partial charge in [0.1, 0.15) is 17.4 Å². The minimum absolute atomic E-state index is 0.233. The Morgan fingerprint density at radius 3 is 1.94 bits per heavy atom. The lowest BCUT2D eigenvalue weighted by molar-refractivity contribution is -0.120. The van der Waals surface area contributed by atoms with Crippen molar-refractivity contribution in [3.63, 3.8) is 0 Å². The van der Waals surface area contributed by atoms with E-state index in [-0.39, 0.29) is 5.91 Å². The van der Waals surface area contributed by atoms with Crippen molar-refractivity contribution in [3.8, 4) is 5.75 Å². The van der Waals surface area contributed by atoms with Gasteiger partial charge in [-0.25, -0.2) is 4.79 Å². The Balaban J connectivity index is 1.94. The summed E-state index contributed by atoms with van der Waals surface area (Å²) in [6.07, 6.45) is -0.295. The van der Waals surface area contributed by atoms with Crippen LogP contribution in [-0.2, 0) is 22.5 Å². The SMILES string of the molecule is COc1ccc(N(Cc2ccccc2)C(=O)C(Cc2ccccc2)NC(=O)OC(C)(C)C)cc1. The molecule has 6 heteroatoms. The predicted octanol–water partition coefficient (Wildman–Crippen LogP) is 5.36. The molecule has 0 aliphatic carbocycles. The predicted molar refractivity (Wildman–Crippen MR) is 134 cm³/mol. The number of anilines is 1. The Labute approximate surface area is 201 Å². The first-order valence-electron chi connectivity index (χ1n) is 11.3. The number of hydrogen-bond donors (Lipinski definition) is 1. The molecule has 178 valence electrons. The van der Waals surface area contributed by atoms with Gasteiger partial charge in [0.15, 0.2) is 0 Å². The number of methoxy groups -OCH3 is 1. The normalized spacial score (nSPS) is 11.9. The van der Waals surface area contributed by atoms with E-state index in [1.807, 2.05) is 84.9 Å². The van der Waals surface area contributed by atoms with E-state index >= 15 is 0 Å². The number of benzene rings is 3. The fraction of sp³-hybridized carbons (Fsp3) is 0.286. The number of alkyl carbamates (subject to hydrolysis) is 1. The third kappa shape index (κ3) is 7.37. The highest BCUT2D eigenvalue weighted by Gasteiger charge is 2.29. The monoisotopic (exact) mass is 460 g/mol. The van der Waals surface area contributed by atoms with E-state index in [9.17, 15) is 9.59 Å². The van der Waals surface area contributed by atoms with Gasteiger partial charge in [-0.2, -0.15) is 0 Å². The first-order chi connectivity index (χ1) is 16.2. The quantitative estimate of drug-likeness (QED) is 0.491. The lowest BCUT2D eigenvalue weighted by Gasteiger charge is -2.29. The Morgan fingerprint density at radius 1 is 0.853 bits per heavy atom. The molecule has 34 heavy (non-hydrogen) atoms. The van der Waals surface area contributed by atoms with Crippen molar-refractivity contribution in [3.05, 3.63) is 96.1 Å². The molecule has 0 saturated carbocycles. The summed E-state index contributed by atoms with van der Waals surface area (Å²) in [5.74, 6) is 0.465. The van der Waals surface area contributed by atoms with Gasteiger partial charge >= 0.3 is 6.09 Å². The molecule has 0 heterocycles. The molecule has 0 aliphatic heterocycles. The van der Waals surface area contributed by atoms with E-state index in [0.717, 1.165) is 11.1 Å². The standard InChI is InChI=1S/C28H32N2O4/c1-28(2,3)34-27(32)29-25(19-21-11-7-5-8-12-21)26(31)30(20-22-13-9-6-10-14-22)23-15-17-24(33-4)18-16-23/h5-18,25H,19-20H2,1-4H3,(H,29,32). The number of hydrogen-bond acceptors (Lipinski definition) is 4. The van der Waals surface area contributed by atoms with Crippen LogP contribution in [0.1, 0.15) is 31.9 Å². The average molecular weight is 461 g/mol. The van der Waals surface area contributed by atoms with Gasteiger partial charge in [0.05, 0.1) is 13.7 Å². The fourth-order valence-corrected chi connectivity index (χ4v) is 3.51. The van der Waals surface area contributed by atoms with E-state index < -0.39 is 17.7 Å². The van der Waals surface area contributed by atoms with Crippen LogP contribution in [0.2, 0.25) is 0 Å². The molecule has 0 bridgehead atoms. The highest BCUT2D eigenvalue weighted by atomic mass is 16.6. The van der Waals surface area contributed by atoms with Crippen LogP contribution in [0.3, 0.4) is 0 Å². The third-order valence-electron chi connectivity index (χ3n) is 5.11. The number of nitrogens with one attached hydrogen (secondary N) is 1. The van der Waals surface area contributed by atoms with Crippen molar-refractivity contribution < 1.29 is 19.1 Å². The number of rotatable bonds is 8. The second kappa shape index (κ2) is 11.4. The summed E-state index contributed by atoms with van der Waals surface area (Å²) in [6, 6.07) is 25.9. The number of nitrogens with zero attached hydrogens (tertiary/aromatic N) is 1. The van der Waals surface area contributed by atoms with Crippen LogP contribution in [0.4, 0.5) is 10.5 Å². The summed E-state index contributed by atoms with van der Waals surface area (Å²) >= 11 is 0. The molecule has 1 atom stereocenters. The van der Waals surface area contributed by atoms with Crippen molar-refractivity contribution in [1.29, 1.82) is 0 Å². The van der Waals surface area contributed by atoms with Crippen LogP contribution in [0, 0.1) is 0 Å². The van der Waals surface area contributed by atoms with Gasteiger partial charge in [0.2, 0.25) is 5.91 Å². The van der Waals surface area contributed by atoms with Gasteiger partial charge in [-0.15, -0.1) is 0 Å². The molecule has 2 amide bonds. The van der Waals surface area contributed by atoms with Crippen molar-refractivity contribution in [2.24, 2.45) is 0 Å². The van der Waals surface area contributed by atoms with Crippen molar-refractivity contribution in [2.75, 3.05) is 12.0 Å². The number of carbonyl (C=O) groups is 2. The van der Waals surface area contributed by atoms with Crippen LogP contribution in [0.25, 0.3) is 0 Å². The Bertz CT molecular complexity index is 1060. The van der Waals surface area contributed by atoms with Gasteiger partial charge in [0, 0.05) is 12.1 Å². The van der Waals surface area contributed by atoms with Gasteiger partial charge in [-0.1, -0.05) is 60.7 Å². The number of amides is 2. The molecule has 0 aromatic heterocycles. The molecule has 3 rings (SSSR count). The van der Waals surface area contributed by atoms with Crippen molar-refractivity contribution in [1.82, 2.24) is 5.32 Å². The van der Waals surface area contributed by atoms with E-state index in [1.54, 1.807) is 32.8 Å². The lowest BCUT2D eigenvalue weighted by Crippen LogP contribution is -2.50. The smallest absolute Gasteiger partial charge is 0.408 e. The van der Waals surface area contributed by atoms with Crippen LogP contribution in [-0.4, -0.2) is 30.8 Å². The van der Waals surface area contributed by atoms with Gasteiger partial charge < -0.3 is 19.7 Å². The minimum atomic E-state index is -0.817. The van der Waals surface area contributed by atoms with Crippen LogP contribution in [0.5, 0.6) is 5.75 Å². The first-order valence-corrected chi connectivity index (χ1v) is 11.3. The average Bonchev–Trinajstić information content (AvgIpc) is 2.82. The second-order valence-corrected chi connectivity index (χ2v) is 9.00. The maximum Gasteiger partial charge on any atom is 0.408 e. The number of carbonyl (C=O) groups excluding carboxylic acids is 2. The zero-order valence-corrected chi connectivity index (χ0v) is 20.2. The van der Waals surface area contributed by atoms with Crippen LogP contribution >= 0.6 is 0 Å². The molecule has 1 N–H and O–H groups in total. The molecule has 0 radical (unpaired) electrons. The molecule has 0 aliphatic rings. The Kier molecular flexibility index (Phi) is 8.30. The van der Waals surface area contributed by atoms with Gasteiger partial charge in [-0.05, 0) is 56.2 Å². The molecule has 1 unspecified atom stereocenters. The summed E-state index contributed by atoms with van der Waals surface area (Å²) in [6.45, 7) is 5.73. The maximum absolute atomic E-state index is 13.9. The lowest BCUT2D eigenvalue weighted by atomic mass is 10.0. The third-order valence-corrected chi connectivity index (χ3v) is 5.11.